The zero-order valence-corrected chi connectivity index (χ0v) is 14.6. The van der Waals surface area contributed by atoms with Crippen molar-refractivity contribution in [3.05, 3.63) is 84.4 Å². The summed E-state index contributed by atoms with van der Waals surface area (Å²) in [6.45, 7) is 2.03. The van der Waals surface area contributed by atoms with Crippen molar-refractivity contribution < 1.29 is 9.18 Å². The Balaban J connectivity index is 1.46. The number of hydrogen-bond acceptors (Lipinski definition) is 2. The van der Waals surface area contributed by atoms with Gasteiger partial charge in [-0.2, -0.15) is 0 Å². The number of imidazole rings is 1. The second-order valence-corrected chi connectivity index (χ2v) is 6.26. The van der Waals surface area contributed by atoms with Crippen molar-refractivity contribution in [2.75, 3.05) is 10.6 Å². The van der Waals surface area contributed by atoms with Gasteiger partial charge in [-0.05, 0) is 61.0 Å². The van der Waals surface area contributed by atoms with Gasteiger partial charge in [0.15, 0.2) is 0 Å². The van der Waals surface area contributed by atoms with E-state index in [9.17, 15) is 9.18 Å². The van der Waals surface area contributed by atoms with Gasteiger partial charge in [0.25, 0.3) is 0 Å². The van der Waals surface area contributed by atoms with Crippen molar-refractivity contribution in [3.8, 4) is 11.3 Å². The number of hydrogen-bond donors (Lipinski definition) is 2. The third-order valence-electron chi connectivity index (χ3n) is 4.16. The minimum absolute atomic E-state index is 0.348. The highest BCUT2D eigenvalue weighted by Gasteiger charge is 2.06. The average Bonchev–Trinajstić information content (AvgIpc) is 3.07. The minimum Gasteiger partial charge on any atom is -0.308 e. The number of nitrogens with zero attached hydrogens (tertiary/aromatic N) is 2. The van der Waals surface area contributed by atoms with Crippen molar-refractivity contribution in [3.63, 3.8) is 0 Å². The molecule has 0 aliphatic rings. The number of halogens is 1. The summed E-state index contributed by atoms with van der Waals surface area (Å²) in [4.78, 5) is 16.7. The molecular formula is C21H17FN4O. The van der Waals surface area contributed by atoms with E-state index in [1.54, 1.807) is 0 Å². The number of pyridine rings is 1. The number of urea groups is 1. The second kappa shape index (κ2) is 6.92. The highest BCUT2D eigenvalue weighted by atomic mass is 19.1. The van der Waals surface area contributed by atoms with Crippen molar-refractivity contribution >= 4 is 23.1 Å². The van der Waals surface area contributed by atoms with E-state index in [1.807, 2.05) is 60.1 Å². The zero-order chi connectivity index (χ0) is 18.8. The molecule has 2 aromatic heterocycles. The molecule has 0 aliphatic carbocycles. The summed E-state index contributed by atoms with van der Waals surface area (Å²) in [7, 11) is 0. The fourth-order valence-electron chi connectivity index (χ4n) is 2.77. The predicted octanol–water partition coefficient (Wildman–Crippen LogP) is 5.09. The number of aromatic nitrogens is 2. The normalized spacial score (nSPS) is 10.7. The number of carbonyl (C=O) groups is 1. The fraction of sp³-hybridized carbons (Fsp3) is 0.0476. The summed E-state index contributed by atoms with van der Waals surface area (Å²) in [5.41, 5.74) is 5.05. The van der Waals surface area contributed by atoms with Crippen molar-refractivity contribution in [1.29, 1.82) is 0 Å². The molecule has 0 radical (unpaired) electrons. The van der Waals surface area contributed by atoms with Crippen LogP contribution in [-0.2, 0) is 0 Å². The van der Waals surface area contributed by atoms with E-state index in [4.69, 9.17) is 0 Å². The summed E-state index contributed by atoms with van der Waals surface area (Å²) in [6.07, 6.45) is 3.95. The molecule has 0 atom stereocenters. The van der Waals surface area contributed by atoms with Gasteiger partial charge in [0.1, 0.15) is 11.5 Å². The summed E-state index contributed by atoms with van der Waals surface area (Å²) < 4.78 is 14.9. The lowest BCUT2D eigenvalue weighted by molar-refractivity contribution is 0.262. The molecule has 2 N–H and O–H groups in total. The van der Waals surface area contributed by atoms with Crippen LogP contribution in [0.1, 0.15) is 5.56 Å². The molecule has 0 saturated carbocycles. The molecule has 0 fully saturated rings. The first-order chi connectivity index (χ1) is 13.1. The molecule has 2 heterocycles. The van der Waals surface area contributed by atoms with Gasteiger partial charge in [0.2, 0.25) is 0 Å². The maximum absolute atomic E-state index is 12.9. The maximum atomic E-state index is 12.9. The number of nitrogens with one attached hydrogen (secondary N) is 2. The summed E-state index contributed by atoms with van der Waals surface area (Å²) >= 11 is 0. The SMILES string of the molecule is Cc1ccn2cc(-c3ccc(NC(=O)Nc4ccc(F)cc4)cc3)nc2c1. The van der Waals surface area contributed by atoms with Gasteiger partial charge in [-0.25, -0.2) is 14.2 Å². The van der Waals surface area contributed by atoms with Crippen LogP contribution in [0.2, 0.25) is 0 Å². The van der Waals surface area contributed by atoms with E-state index in [1.165, 1.54) is 24.3 Å². The van der Waals surface area contributed by atoms with Crippen LogP contribution in [0, 0.1) is 12.7 Å². The van der Waals surface area contributed by atoms with Crippen LogP contribution in [0.25, 0.3) is 16.9 Å². The van der Waals surface area contributed by atoms with Crippen molar-refractivity contribution in [2.24, 2.45) is 0 Å². The highest BCUT2D eigenvalue weighted by molar-refractivity contribution is 5.99. The van der Waals surface area contributed by atoms with Gasteiger partial charge in [0.05, 0.1) is 5.69 Å². The molecule has 134 valence electrons. The Morgan fingerprint density at radius 3 is 2.26 bits per heavy atom. The van der Waals surface area contributed by atoms with E-state index in [2.05, 4.69) is 15.6 Å². The Morgan fingerprint density at radius 1 is 0.963 bits per heavy atom. The maximum Gasteiger partial charge on any atom is 0.323 e. The molecule has 2 amide bonds. The first kappa shape index (κ1) is 16.8. The molecule has 0 spiro atoms. The van der Waals surface area contributed by atoms with Crippen LogP contribution in [0.15, 0.2) is 73.1 Å². The number of fused-ring (bicyclic) bond motifs is 1. The van der Waals surface area contributed by atoms with Crippen molar-refractivity contribution in [2.45, 2.75) is 6.92 Å². The Bertz CT molecular complexity index is 1100. The smallest absolute Gasteiger partial charge is 0.308 e. The topological polar surface area (TPSA) is 58.4 Å². The molecule has 0 aliphatic heterocycles. The van der Waals surface area contributed by atoms with Crippen LogP contribution >= 0.6 is 0 Å². The third kappa shape index (κ3) is 3.79. The number of rotatable bonds is 3. The Hall–Kier alpha value is -3.67. The Morgan fingerprint density at radius 2 is 1.59 bits per heavy atom. The van der Waals surface area contributed by atoms with Crippen LogP contribution < -0.4 is 10.6 Å². The largest absolute Gasteiger partial charge is 0.323 e. The summed E-state index contributed by atoms with van der Waals surface area (Å²) in [6, 6.07) is 16.7. The fourth-order valence-corrected chi connectivity index (χ4v) is 2.77. The molecule has 0 saturated heterocycles. The molecule has 6 heteroatoms. The molecule has 4 aromatic rings. The molecule has 0 bridgehead atoms. The first-order valence-electron chi connectivity index (χ1n) is 8.46. The minimum atomic E-state index is -0.391. The number of aryl methyl sites for hydroxylation is 1. The Kier molecular flexibility index (Phi) is 4.30. The lowest BCUT2D eigenvalue weighted by atomic mass is 10.1. The van der Waals surface area contributed by atoms with Gasteiger partial charge < -0.3 is 15.0 Å². The molecule has 27 heavy (non-hydrogen) atoms. The average molecular weight is 360 g/mol. The predicted molar refractivity (Wildman–Crippen MR) is 104 cm³/mol. The van der Waals surface area contributed by atoms with Gasteiger partial charge in [-0.1, -0.05) is 12.1 Å². The highest BCUT2D eigenvalue weighted by Crippen LogP contribution is 2.22. The molecule has 4 rings (SSSR count). The number of amides is 2. The number of benzene rings is 2. The van der Waals surface area contributed by atoms with Crippen LogP contribution in [0.4, 0.5) is 20.6 Å². The Labute approximate surface area is 155 Å². The zero-order valence-electron chi connectivity index (χ0n) is 14.6. The first-order valence-corrected chi connectivity index (χ1v) is 8.46. The molecule has 0 unspecified atom stereocenters. The number of anilines is 2. The van der Waals surface area contributed by atoms with Crippen molar-refractivity contribution in [1.82, 2.24) is 9.38 Å². The number of carbonyl (C=O) groups excluding carboxylic acids is 1. The summed E-state index contributed by atoms with van der Waals surface area (Å²) in [5, 5.41) is 5.40. The van der Waals surface area contributed by atoms with E-state index in [-0.39, 0.29) is 5.82 Å². The molecule has 2 aromatic carbocycles. The quantitative estimate of drug-likeness (QED) is 0.534. The van der Waals surface area contributed by atoms with E-state index < -0.39 is 6.03 Å². The standard InChI is InChI=1S/C21H17FN4O/c1-14-10-11-26-13-19(25-20(26)12-14)15-2-6-17(7-3-15)23-21(27)24-18-8-4-16(22)5-9-18/h2-13H,1H3,(H2,23,24,27). The van der Waals surface area contributed by atoms with E-state index in [0.29, 0.717) is 11.4 Å². The molecular weight excluding hydrogens is 343 g/mol. The van der Waals surface area contributed by atoms with Crippen LogP contribution in [-0.4, -0.2) is 15.4 Å². The second-order valence-electron chi connectivity index (χ2n) is 6.26. The van der Waals surface area contributed by atoms with Crippen LogP contribution in [0.3, 0.4) is 0 Å². The third-order valence-corrected chi connectivity index (χ3v) is 4.16. The molecule has 5 nitrogen and oxygen atoms in total. The lowest BCUT2D eigenvalue weighted by Gasteiger charge is -2.08. The monoisotopic (exact) mass is 360 g/mol. The van der Waals surface area contributed by atoms with Gasteiger partial charge >= 0.3 is 6.03 Å². The van der Waals surface area contributed by atoms with Gasteiger partial charge in [-0.3, -0.25) is 0 Å². The van der Waals surface area contributed by atoms with E-state index >= 15 is 0 Å². The van der Waals surface area contributed by atoms with E-state index in [0.717, 1.165) is 22.5 Å². The van der Waals surface area contributed by atoms with Gasteiger partial charge in [-0.15, -0.1) is 0 Å². The van der Waals surface area contributed by atoms with Crippen LogP contribution in [0.5, 0.6) is 0 Å². The van der Waals surface area contributed by atoms with Gasteiger partial charge in [0, 0.05) is 29.3 Å². The summed E-state index contributed by atoms with van der Waals surface area (Å²) in [5.74, 6) is -0.348. The lowest BCUT2D eigenvalue weighted by Crippen LogP contribution is -2.19.